The number of thioether (sulfide) groups is 1. The van der Waals surface area contributed by atoms with E-state index in [4.69, 9.17) is 23.2 Å². The van der Waals surface area contributed by atoms with Crippen LogP contribution in [-0.4, -0.2) is 28.0 Å². The number of carbonyl (C=O) groups excluding carboxylic acids is 3. The Morgan fingerprint density at radius 2 is 1.68 bits per heavy atom. The van der Waals surface area contributed by atoms with Crippen molar-refractivity contribution in [3.8, 4) is 11.3 Å². The lowest BCUT2D eigenvalue weighted by atomic mass is 10.1. The molecule has 47 heavy (non-hydrogen) atoms. The number of halogens is 3. The van der Waals surface area contributed by atoms with Crippen LogP contribution >= 0.6 is 62.2 Å². The van der Waals surface area contributed by atoms with Crippen LogP contribution in [0.15, 0.2) is 118 Å². The molecular formula is C35H27BrCl2N4O3S2. The van der Waals surface area contributed by atoms with Crippen LogP contribution in [0, 0.1) is 0 Å². The zero-order chi connectivity index (χ0) is 33.3. The summed E-state index contributed by atoms with van der Waals surface area (Å²) in [7, 11) is 0. The molecule has 1 atom stereocenters. The van der Waals surface area contributed by atoms with E-state index in [1.54, 1.807) is 66.7 Å². The number of carbonyl (C=O) groups is 3. The molecule has 5 rings (SSSR count). The Bertz CT molecular complexity index is 1940. The summed E-state index contributed by atoms with van der Waals surface area (Å²) < 4.78 is 0.977. The number of amides is 3. The van der Waals surface area contributed by atoms with Crippen LogP contribution in [0.1, 0.15) is 29.3 Å². The molecule has 0 aliphatic heterocycles. The van der Waals surface area contributed by atoms with Gasteiger partial charge < -0.3 is 16.0 Å². The van der Waals surface area contributed by atoms with Crippen molar-refractivity contribution in [2.75, 3.05) is 10.6 Å². The summed E-state index contributed by atoms with van der Waals surface area (Å²) in [4.78, 5) is 45.1. The van der Waals surface area contributed by atoms with Crippen molar-refractivity contribution in [3.63, 3.8) is 0 Å². The van der Waals surface area contributed by atoms with E-state index in [1.807, 2.05) is 42.6 Å². The molecular weight excluding hydrogens is 739 g/mol. The first-order valence-electron chi connectivity index (χ1n) is 14.3. The lowest BCUT2D eigenvalue weighted by molar-refractivity contribution is -0.116. The molecule has 0 aliphatic rings. The Morgan fingerprint density at radius 1 is 0.936 bits per heavy atom. The number of nitrogens with zero attached hydrogens (tertiary/aromatic N) is 1. The SMILES string of the molecule is CCC(Sc1cccc(NC(=O)/C(=C\c2cccc(Cl)c2Cl)NC(=O)c2ccccc2)c1)C(=O)Nc1nc(-c2ccc(Br)cc2)cs1. The number of aromatic nitrogens is 1. The molecule has 4 aromatic carbocycles. The fourth-order valence-corrected chi connectivity index (χ4v) is 6.69. The maximum Gasteiger partial charge on any atom is 0.272 e. The second-order valence-electron chi connectivity index (χ2n) is 10.1. The predicted octanol–water partition coefficient (Wildman–Crippen LogP) is 9.80. The molecule has 3 amide bonds. The predicted molar refractivity (Wildman–Crippen MR) is 197 cm³/mol. The number of thiazole rings is 1. The van der Waals surface area contributed by atoms with Gasteiger partial charge in [-0.3, -0.25) is 14.4 Å². The monoisotopic (exact) mass is 764 g/mol. The summed E-state index contributed by atoms with van der Waals surface area (Å²) in [6, 6.07) is 28.5. The van der Waals surface area contributed by atoms with Gasteiger partial charge in [-0.05, 0) is 66.6 Å². The quantitative estimate of drug-likeness (QED) is 0.0919. The molecule has 12 heteroatoms. The number of benzene rings is 4. The number of anilines is 2. The van der Waals surface area contributed by atoms with Gasteiger partial charge in [0, 0.05) is 31.6 Å². The van der Waals surface area contributed by atoms with E-state index in [0.717, 1.165) is 20.6 Å². The summed E-state index contributed by atoms with van der Waals surface area (Å²) in [5.74, 6) is -1.20. The van der Waals surface area contributed by atoms with Gasteiger partial charge in [-0.1, -0.05) is 94.6 Å². The van der Waals surface area contributed by atoms with Crippen molar-refractivity contribution >= 4 is 96.8 Å². The third-order valence-electron chi connectivity index (χ3n) is 6.72. The second kappa shape index (κ2) is 16.3. The highest BCUT2D eigenvalue weighted by Gasteiger charge is 2.21. The van der Waals surface area contributed by atoms with Gasteiger partial charge in [0.25, 0.3) is 11.8 Å². The Hall–Kier alpha value is -3.93. The maximum absolute atomic E-state index is 13.6. The van der Waals surface area contributed by atoms with Crippen LogP contribution in [0.2, 0.25) is 10.0 Å². The van der Waals surface area contributed by atoms with E-state index >= 15 is 0 Å². The van der Waals surface area contributed by atoms with Crippen molar-refractivity contribution in [2.45, 2.75) is 23.5 Å². The zero-order valence-corrected chi connectivity index (χ0v) is 29.5. The summed E-state index contributed by atoms with van der Waals surface area (Å²) in [5, 5.41) is 11.1. The number of hydrogen-bond donors (Lipinski definition) is 3. The molecule has 1 aromatic heterocycles. The Labute approximate surface area is 298 Å². The van der Waals surface area contributed by atoms with Crippen molar-refractivity contribution < 1.29 is 14.4 Å². The molecule has 5 aromatic rings. The number of nitrogens with one attached hydrogen (secondary N) is 3. The second-order valence-corrected chi connectivity index (χ2v) is 13.9. The largest absolute Gasteiger partial charge is 0.321 e. The molecule has 0 saturated carbocycles. The molecule has 0 fully saturated rings. The highest BCUT2D eigenvalue weighted by atomic mass is 79.9. The van der Waals surface area contributed by atoms with Gasteiger partial charge >= 0.3 is 0 Å². The minimum atomic E-state index is -0.567. The van der Waals surface area contributed by atoms with Gasteiger partial charge in [0.2, 0.25) is 5.91 Å². The highest BCUT2D eigenvalue weighted by Crippen LogP contribution is 2.31. The van der Waals surface area contributed by atoms with E-state index in [9.17, 15) is 14.4 Å². The van der Waals surface area contributed by atoms with Crippen molar-refractivity contribution in [1.29, 1.82) is 0 Å². The standard InChI is InChI=1S/C35H27BrCl2N4O3S2/c1-2-30(34(45)42-35-41-29(20-46-35)21-14-16-24(36)17-15-21)47-26-12-7-11-25(19-26)39-33(44)28(18-23-10-6-13-27(37)31(23)38)40-32(43)22-8-4-3-5-9-22/h3-20,30H,2H2,1H3,(H,39,44)(H,40,43)(H,41,42,45)/b28-18+. The molecule has 0 saturated heterocycles. The third-order valence-corrected chi connectivity index (χ3v) is 10.2. The van der Waals surface area contributed by atoms with Crippen LogP contribution in [0.5, 0.6) is 0 Å². The Balaban J connectivity index is 1.29. The fourth-order valence-electron chi connectivity index (χ4n) is 4.33. The molecule has 1 heterocycles. The van der Waals surface area contributed by atoms with Crippen molar-refractivity contribution in [1.82, 2.24) is 10.3 Å². The van der Waals surface area contributed by atoms with Gasteiger partial charge in [0.05, 0.1) is 21.0 Å². The summed E-state index contributed by atoms with van der Waals surface area (Å²) >= 11 is 18.8. The van der Waals surface area contributed by atoms with E-state index in [0.29, 0.717) is 33.4 Å². The molecule has 7 nitrogen and oxygen atoms in total. The zero-order valence-electron chi connectivity index (χ0n) is 24.8. The highest BCUT2D eigenvalue weighted by molar-refractivity contribution is 9.10. The first-order chi connectivity index (χ1) is 22.7. The molecule has 0 radical (unpaired) electrons. The average Bonchev–Trinajstić information content (AvgIpc) is 3.54. The third kappa shape index (κ3) is 9.33. The Kier molecular flexibility index (Phi) is 11.9. The van der Waals surface area contributed by atoms with E-state index in [1.165, 1.54) is 29.2 Å². The summed E-state index contributed by atoms with van der Waals surface area (Å²) in [6.45, 7) is 1.94. The van der Waals surface area contributed by atoms with Crippen LogP contribution in [-0.2, 0) is 9.59 Å². The minimum absolute atomic E-state index is 0.0298. The molecule has 238 valence electrons. The first-order valence-corrected chi connectivity index (χ1v) is 17.6. The average molecular weight is 767 g/mol. The lowest BCUT2D eigenvalue weighted by Gasteiger charge is -2.15. The number of hydrogen-bond acceptors (Lipinski definition) is 6. The molecule has 3 N–H and O–H groups in total. The van der Waals surface area contributed by atoms with Gasteiger partial charge in [0.1, 0.15) is 5.70 Å². The minimum Gasteiger partial charge on any atom is -0.321 e. The fraction of sp³-hybridized carbons (Fsp3) is 0.0857. The van der Waals surface area contributed by atoms with Gasteiger partial charge in [-0.25, -0.2) is 4.98 Å². The van der Waals surface area contributed by atoms with Gasteiger partial charge in [-0.15, -0.1) is 23.1 Å². The van der Waals surface area contributed by atoms with Gasteiger partial charge in [0.15, 0.2) is 5.13 Å². The van der Waals surface area contributed by atoms with Crippen LogP contribution < -0.4 is 16.0 Å². The normalized spacial score (nSPS) is 11.9. The molecule has 0 spiro atoms. The summed E-state index contributed by atoms with van der Waals surface area (Å²) in [6.07, 6.45) is 2.04. The smallest absolute Gasteiger partial charge is 0.272 e. The van der Waals surface area contributed by atoms with Crippen molar-refractivity contribution in [2.24, 2.45) is 0 Å². The topological polar surface area (TPSA) is 100 Å². The van der Waals surface area contributed by atoms with E-state index < -0.39 is 17.1 Å². The van der Waals surface area contributed by atoms with Gasteiger partial charge in [-0.2, -0.15) is 0 Å². The number of rotatable bonds is 11. The van der Waals surface area contributed by atoms with Crippen LogP contribution in [0.3, 0.4) is 0 Å². The maximum atomic E-state index is 13.6. The molecule has 0 aliphatic carbocycles. The van der Waals surface area contributed by atoms with Crippen LogP contribution in [0.25, 0.3) is 17.3 Å². The molecule has 0 bridgehead atoms. The molecule has 1 unspecified atom stereocenters. The summed E-state index contributed by atoms with van der Waals surface area (Å²) in [5.41, 5.74) is 3.03. The van der Waals surface area contributed by atoms with E-state index in [-0.39, 0.29) is 16.6 Å². The Morgan fingerprint density at radius 3 is 2.43 bits per heavy atom. The van der Waals surface area contributed by atoms with Crippen LogP contribution in [0.4, 0.5) is 10.8 Å². The lowest BCUT2D eigenvalue weighted by Crippen LogP contribution is -2.30. The first kappa shape index (κ1) is 34.4. The van der Waals surface area contributed by atoms with Crippen molar-refractivity contribution in [3.05, 3.63) is 134 Å². The van der Waals surface area contributed by atoms with E-state index in [2.05, 4.69) is 36.9 Å².